The lowest BCUT2D eigenvalue weighted by molar-refractivity contribution is 1.08. The number of thiophene rings is 1. The van der Waals surface area contributed by atoms with E-state index >= 15 is 0 Å². The largest absolute Gasteiger partial charge is 0.309 e. The molecule has 0 aliphatic carbocycles. The van der Waals surface area contributed by atoms with E-state index in [0.717, 1.165) is 140 Å². The van der Waals surface area contributed by atoms with Crippen molar-refractivity contribution in [2.24, 2.45) is 0 Å². The molecule has 9 heterocycles. The molecule has 0 spiro atoms. The first-order valence-electron chi connectivity index (χ1n) is 48.9. The Labute approximate surface area is 826 Å². The van der Waals surface area contributed by atoms with Gasteiger partial charge in [0.15, 0.2) is 17.5 Å². The quantitative estimate of drug-likeness (QED) is 0.150. The zero-order chi connectivity index (χ0) is 94.3. The van der Waals surface area contributed by atoms with E-state index in [1.165, 1.54) is 150 Å². The van der Waals surface area contributed by atoms with Crippen LogP contribution in [0.5, 0.6) is 0 Å². The van der Waals surface area contributed by atoms with Crippen molar-refractivity contribution in [3.05, 3.63) is 479 Å². The highest BCUT2D eigenvalue weighted by molar-refractivity contribution is 7.25. The Morgan fingerprint density at radius 1 is 0.153 bits per heavy atom. The van der Waals surface area contributed by atoms with Crippen molar-refractivity contribution in [3.63, 3.8) is 0 Å². The number of benzene rings is 23. The molecule has 23 aromatic carbocycles. The van der Waals surface area contributed by atoms with Gasteiger partial charge in [-0.2, -0.15) is 0 Å². The van der Waals surface area contributed by atoms with Gasteiger partial charge in [0.2, 0.25) is 0 Å². The maximum Gasteiger partial charge on any atom is 0.165 e. The van der Waals surface area contributed by atoms with E-state index in [2.05, 4.69) is 466 Å². The summed E-state index contributed by atoms with van der Waals surface area (Å²) in [5.74, 6) is 2.48. The highest BCUT2D eigenvalue weighted by atomic mass is 32.1. The van der Waals surface area contributed by atoms with Crippen molar-refractivity contribution >= 4 is 238 Å². The van der Waals surface area contributed by atoms with Crippen LogP contribution in [-0.4, -0.2) is 52.7 Å². The van der Waals surface area contributed by atoms with Gasteiger partial charge in [-0.25, -0.2) is 29.9 Å². The fourth-order valence-corrected chi connectivity index (χ4v) is 24.1. The van der Waals surface area contributed by atoms with Crippen molar-refractivity contribution in [2.75, 3.05) is 0 Å². The fourth-order valence-electron chi connectivity index (χ4n) is 22.9. The maximum absolute atomic E-state index is 5.45. The molecule has 0 amide bonds. The second-order valence-corrected chi connectivity index (χ2v) is 38.6. The van der Waals surface area contributed by atoms with Gasteiger partial charge >= 0.3 is 0 Å². The number of hydrogen-bond acceptors (Lipinski definition) is 7. The molecular weight excluding hydrogens is 1770 g/mol. The van der Waals surface area contributed by atoms with Crippen molar-refractivity contribution in [1.82, 2.24) is 52.7 Å². The average Bonchev–Trinajstić information content (AvgIpc) is 1.55. The zero-order valence-corrected chi connectivity index (χ0v) is 78.3. The van der Waals surface area contributed by atoms with Gasteiger partial charge in [0.05, 0.1) is 88.3 Å². The van der Waals surface area contributed by atoms with Crippen molar-refractivity contribution in [1.29, 1.82) is 0 Å². The maximum atomic E-state index is 5.45. The summed E-state index contributed by atoms with van der Waals surface area (Å²) in [6.07, 6.45) is 0. The Morgan fingerprint density at radius 2 is 0.458 bits per heavy atom. The third-order valence-electron chi connectivity index (χ3n) is 29.4. The first-order chi connectivity index (χ1) is 71.4. The fraction of sp³-hybridized carbons (Fsp3) is 0. The summed E-state index contributed by atoms with van der Waals surface area (Å²) in [6.45, 7) is 0. The minimum Gasteiger partial charge on any atom is -0.309 e. The first kappa shape index (κ1) is 80.9. The van der Waals surface area contributed by atoms with E-state index in [4.69, 9.17) is 29.9 Å². The van der Waals surface area contributed by atoms with Crippen LogP contribution in [-0.2, 0) is 0 Å². The summed E-state index contributed by atoms with van der Waals surface area (Å²) in [7, 11) is 0. The van der Waals surface area contributed by atoms with Crippen LogP contribution in [0.15, 0.2) is 479 Å². The second-order valence-electron chi connectivity index (χ2n) is 37.5. The molecule has 0 saturated carbocycles. The number of para-hydroxylation sites is 10. The SMILES string of the molecule is c1ccc(-n2c3ccccc3c3cc(-c4nc5ccccc5nc4-n4c5cc6ccccc6cc5c5c6ccccc6ccc54)ccc32)cc1.c1ccc(-n2c3ccccc3c3ccc(-c4nc5ccccc5nc4-n4c5cc6ccccc6cc5c5c6ccccc6ccc54)cc32)cc1.c1ccc2cc3c(cc2c1)c1ccc2ccccc2c1n3-c1nc2ccccc2nc1-c1ccc2c(c1)sc1ccccc12. The molecule has 0 saturated heterocycles. The topological polar surface area (TPSA) is 102 Å². The standard InChI is InChI=1S/2C46H28N4.C40H23N3S/c1-2-15-33(16-3-1)49-40-21-11-8-18-35(40)36-27-32(23-24-41(36)49)45-46(48-39-20-10-9-19-38(39)47-45)50-42-25-22-29-12-6-7-17-34(29)44(42)37-26-30-13-4-5-14-31(30)28-43(37)50;1-2-15-33(16-3-1)49-40-21-11-8-18-35(40)36-24-22-32(28-42(36)49)45-46(48-39-20-10-9-19-38(39)47-45)50-41-25-23-29-12-6-7-17-34(29)44(41)37-26-30-13-4-5-14-31(30)27-43(37)50;1-2-11-26-22-35-32(21-25(26)10-1)31-20-17-24-9-3-4-12-28(24)39(31)43(35)40-38(41-33-14-6-7-15-34(33)42-40)27-18-19-30-29-13-5-8-16-36(29)44-37(30)23-27/h2*1-28H;1-23H. The van der Waals surface area contributed by atoms with Gasteiger partial charge in [-0.3, -0.25) is 13.7 Å². The Kier molecular flexibility index (Phi) is 18.1. The molecule has 0 fully saturated rings. The van der Waals surface area contributed by atoms with Crippen LogP contribution in [0.2, 0.25) is 0 Å². The lowest BCUT2D eigenvalue weighted by Gasteiger charge is -2.15. The molecule has 0 N–H and O–H groups in total. The number of fused-ring (bicyclic) bond motifs is 30. The first-order valence-corrected chi connectivity index (χ1v) is 49.7. The minimum absolute atomic E-state index is 0.816. The third-order valence-corrected chi connectivity index (χ3v) is 30.6. The molecule has 32 aromatic rings. The minimum atomic E-state index is 0.816. The monoisotopic (exact) mass is 1850 g/mol. The lowest BCUT2D eigenvalue weighted by atomic mass is 10.0. The Balaban J connectivity index is 0.000000101. The predicted octanol–water partition coefficient (Wildman–Crippen LogP) is 34.7. The summed E-state index contributed by atoms with van der Waals surface area (Å²) in [4.78, 5) is 32.5. The molecule has 12 heteroatoms. The average molecular weight is 1850 g/mol. The predicted molar refractivity (Wildman–Crippen MR) is 605 cm³/mol. The van der Waals surface area contributed by atoms with Gasteiger partial charge < -0.3 is 9.13 Å². The van der Waals surface area contributed by atoms with E-state index in [1.807, 2.05) is 47.7 Å². The van der Waals surface area contributed by atoms with Gasteiger partial charge in [0.25, 0.3) is 0 Å². The van der Waals surface area contributed by atoms with Crippen molar-refractivity contribution in [2.45, 2.75) is 0 Å². The summed E-state index contributed by atoms with van der Waals surface area (Å²) in [5, 5.41) is 29.2. The third kappa shape index (κ3) is 12.7. The van der Waals surface area contributed by atoms with E-state index in [-0.39, 0.29) is 0 Å². The number of hydrogen-bond donors (Lipinski definition) is 0. The van der Waals surface area contributed by atoms with Gasteiger partial charge in [-0.05, 0) is 211 Å². The van der Waals surface area contributed by atoms with Crippen molar-refractivity contribution in [3.8, 4) is 62.6 Å². The molecule has 11 nitrogen and oxygen atoms in total. The van der Waals surface area contributed by atoms with Crippen LogP contribution in [0.25, 0.3) is 290 Å². The van der Waals surface area contributed by atoms with Gasteiger partial charge in [-0.1, -0.05) is 328 Å². The normalized spacial score (nSPS) is 12.0. The zero-order valence-electron chi connectivity index (χ0n) is 77.4. The van der Waals surface area contributed by atoms with E-state index in [1.54, 1.807) is 0 Å². The van der Waals surface area contributed by atoms with Crippen LogP contribution in [0.3, 0.4) is 0 Å². The Hall–Kier alpha value is -19.1. The second kappa shape index (κ2) is 32.2. The Bertz CT molecular complexity index is 11100. The molecule has 0 radical (unpaired) electrons. The van der Waals surface area contributed by atoms with Crippen LogP contribution >= 0.6 is 11.3 Å². The van der Waals surface area contributed by atoms with E-state index in [9.17, 15) is 0 Å². The summed E-state index contributed by atoms with van der Waals surface area (Å²) in [5.41, 5.74) is 24.6. The van der Waals surface area contributed by atoms with Crippen LogP contribution < -0.4 is 0 Å². The van der Waals surface area contributed by atoms with Crippen LogP contribution in [0.4, 0.5) is 0 Å². The molecule has 668 valence electrons. The molecule has 32 rings (SSSR count). The van der Waals surface area contributed by atoms with Gasteiger partial charge in [0, 0.05) is 107 Å². The highest BCUT2D eigenvalue weighted by Gasteiger charge is 2.29. The number of aromatic nitrogens is 11. The molecule has 9 aromatic heterocycles. The van der Waals surface area contributed by atoms with Crippen LogP contribution in [0, 0.1) is 0 Å². The number of nitrogens with zero attached hydrogens (tertiary/aromatic N) is 11. The summed E-state index contributed by atoms with van der Waals surface area (Å²) < 4.78 is 14.3. The number of rotatable bonds is 8. The van der Waals surface area contributed by atoms with E-state index in [0.29, 0.717) is 0 Å². The summed E-state index contributed by atoms with van der Waals surface area (Å²) >= 11 is 1.83. The molecule has 144 heavy (non-hydrogen) atoms. The molecule has 0 unspecified atom stereocenters. The highest BCUT2D eigenvalue weighted by Crippen LogP contribution is 2.49. The Morgan fingerprint density at radius 3 is 0.965 bits per heavy atom. The van der Waals surface area contributed by atoms with Crippen LogP contribution in [0.1, 0.15) is 0 Å². The molecule has 0 atom stereocenters. The summed E-state index contributed by atoms with van der Waals surface area (Å²) in [6, 6.07) is 171. The van der Waals surface area contributed by atoms with Gasteiger partial charge in [-0.15, -0.1) is 11.3 Å². The molecule has 0 bridgehead atoms. The molecular formula is C132H79N11S. The lowest BCUT2D eigenvalue weighted by Crippen LogP contribution is -2.04. The van der Waals surface area contributed by atoms with Crippen molar-refractivity contribution < 1.29 is 0 Å². The van der Waals surface area contributed by atoms with E-state index < -0.39 is 0 Å². The molecule has 0 aliphatic rings. The molecule has 0 aliphatic heterocycles. The smallest absolute Gasteiger partial charge is 0.165 e. The van der Waals surface area contributed by atoms with Gasteiger partial charge in [0.1, 0.15) is 17.1 Å².